The second-order valence-electron chi connectivity index (χ2n) is 15.7. The third-order valence-electron chi connectivity index (χ3n) is 10.7. The van der Waals surface area contributed by atoms with Gasteiger partial charge in [-0.25, -0.2) is 0 Å². The van der Waals surface area contributed by atoms with Gasteiger partial charge in [0.15, 0.2) is 0 Å². The first-order valence-corrected chi connectivity index (χ1v) is 23.9. The van der Waals surface area contributed by atoms with Crippen LogP contribution in [0.1, 0.15) is 258 Å². The fourth-order valence-electron chi connectivity index (χ4n) is 7.39. The van der Waals surface area contributed by atoms with E-state index in [4.69, 9.17) is 14.3 Å². The molecule has 0 saturated carbocycles. The smallest absolute Gasteiger partial charge is 0.327 e. The van der Waals surface area contributed by atoms with Crippen molar-refractivity contribution in [1.82, 2.24) is 4.90 Å². The first-order valence-electron chi connectivity index (χ1n) is 22.7. The van der Waals surface area contributed by atoms with Gasteiger partial charge in [0.05, 0.1) is 6.61 Å². The quantitative estimate of drug-likeness (QED) is 0.0487. The van der Waals surface area contributed by atoms with E-state index in [1.165, 1.54) is 251 Å². The van der Waals surface area contributed by atoms with Crippen molar-refractivity contribution >= 4 is 8.60 Å². The first kappa shape index (κ1) is 49.3. The lowest BCUT2D eigenvalue weighted by atomic mass is 10.0. The average molecular weight is 714 g/mol. The first-order chi connectivity index (χ1) is 24.2. The SMILES string of the molecule is CCCCCCCCCCCCCCCCN(CCCCCCCCCCCCCCCC)CCCCCCCCCCCCOP(O)O. The Morgan fingerprint density at radius 2 is 0.510 bits per heavy atom. The lowest BCUT2D eigenvalue weighted by Gasteiger charge is -2.22. The molecule has 0 aliphatic rings. The molecule has 0 amide bonds. The van der Waals surface area contributed by atoms with Gasteiger partial charge in [-0.2, -0.15) is 0 Å². The molecule has 296 valence electrons. The largest absolute Gasteiger partial charge is 0.328 e. The van der Waals surface area contributed by atoms with E-state index in [1.807, 2.05) is 0 Å². The Hall–Kier alpha value is 0.270. The highest BCUT2D eigenvalue weighted by atomic mass is 31.2. The molecule has 0 unspecified atom stereocenters. The molecule has 0 saturated heterocycles. The summed E-state index contributed by atoms with van der Waals surface area (Å²) in [5.41, 5.74) is 0. The van der Waals surface area contributed by atoms with Crippen LogP contribution in [0, 0.1) is 0 Å². The van der Waals surface area contributed by atoms with E-state index in [0.717, 1.165) is 12.8 Å². The molecule has 0 fully saturated rings. The topological polar surface area (TPSA) is 52.9 Å². The van der Waals surface area contributed by atoms with E-state index in [1.54, 1.807) is 0 Å². The van der Waals surface area contributed by atoms with Gasteiger partial charge in [0.1, 0.15) is 0 Å². The van der Waals surface area contributed by atoms with Crippen LogP contribution in [0.2, 0.25) is 0 Å². The minimum atomic E-state index is -2.17. The molecule has 5 heteroatoms. The Bertz CT molecular complexity index is 546. The van der Waals surface area contributed by atoms with Crippen molar-refractivity contribution in [2.24, 2.45) is 0 Å². The fourth-order valence-corrected chi connectivity index (χ4v) is 7.69. The van der Waals surface area contributed by atoms with Crippen LogP contribution in [0.15, 0.2) is 0 Å². The Balaban J connectivity index is 3.93. The van der Waals surface area contributed by atoms with Crippen molar-refractivity contribution < 1.29 is 14.3 Å². The van der Waals surface area contributed by atoms with Crippen LogP contribution in [0.5, 0.6) is 0 Å². The zero-order valence-corrected chi connectivity index (χ0v) is 34.8. The number of unbranched alkanes of at least 4 members (excludes halogenated alkanes) is 35. The van der Waals surface area contributed by atoms with Gasteiger partial charge in [0, 0.05) is 0 Å². The molecule has 0 aromatic carbocycles. The Morgan fingerprint density at radius 1 is 0.306 bits per heavy atom. The number of hydrogen-bond donors (Lipinski definition) is 2. The Labute approximate surface area is 311 Å². The summed E-state index contributed by atoms with van der Waals surface area (Å²) in [7, 11) is -2.17. The molecule has 4 nitrogen and oxygen atoms in total. The lowest BCUT2D eigenvalue weighted by Crippen LogP contribution is -2.27. The highest BCUT2D eigenvalue weighted by Crippen LogP contribution is 2.24. The van der Waals surface area contributed by atoms with E-state index in [0.29, 0.717) is 6.61 Å². The summed E-state index contributed by atoms with van der Waals surface area (Å²) >= 11 is 0. The summed E-state index contributed by atoms with van der Waals surface area (Å²) < 4.78 is 4.84. The summed E-state index contributed by atoms with van der Waals surface area (Å²) in [6.07, 6.45) is 53.4. The van der Waals surface area contributed by atoms with Crippen LogP contribution in [0.3, 0.4) is 0 Å². The average Bonchev–Trinajstić information content (AvgIpc) is 3.10. The van der Waals surface area contributed by atoms with Gasteiger partial charge in [-0.1, -0.05) is 232 Å². The van der Waals surface area contributed by atoms with Crippen LogP contribution in [-0.4, -0.2) is 40.9 Å². The van der Waals surface area contributed by atoms with Crippen molar-refractivity contribution in [3.8, 4) is 0 Å². The second kappa shape index (κ2) is 44.4. The second-order valence-corrected chi connectivity index (χ2v) is 16.4. The maximum Gasteiger partial charge on any atom is 0.327 e. The van der Waals surface area contributed by atoms with Crippen molar-refractivity contribution in [1.29, 1.82) is 0 Å². The summed E-state index contributed by atoms with van der Waals surface area (Å²) in [6.45, 7) is 9.09. The molecule has 0 radical (unpaired) electrons. The number of rotatable bonds is 44. The predicted octanol–water partition coefficient (Wildman–Crippen LogP) is 15.4. The molecule has 0 bridgehead atoms. The van der Waals surface area contributed by atoms with Gasteiger partial charge < -0.3 is 19.2 Å². The molecule has 0 rings (SSSR count). The maximum absolute atomic E-state index is 8.78. The summed E-state index contributed by atoms with van der Waals surface area (Å²) in [4.78, 5) is 20.4. The molecular formula is C44H92NO3P. The van der Waals surface area contributed by atoms with Crippen molar-refractivity contribution in [3.05, 3.63) is 0 Å². The number of nitrogens with zero attached hydrogens (tertiary/aromatic N) is 1. The Kier molecular flexibility index (Phi) is 44.7. The lowest BCUT2D eigenvalue weighted by molar-refractivity contribution is 0.248. The maximum atomic E-state index is 8.78. The monoisotopic (exact) mass is 714 g/mol. The van der Waals surface area contributed by atoms with Crippen molar-refractivity contribution in [2.45, 2.75) is 258 Å². The summed E-state index contributed by atoms with van der Waals surface area (Å²) in [5, 5.41) is 0. The molecule has 0 aliphatic carbocycles. The van der Waals surface area contributed by atoms with Gasteiger partial charge in [-0.15, -0.1) is 0 Å². The van der Waals surface area contributed by atoms with E-state index in [2.05, 4.69) is 18.7 Å². The van der Waals surface area contributed by atoms with Crippen LogP contribution >= 0.6 is 8.60 Å². The third-order valence-corrected chi connectivity index (χ3v) is 11.1. The van der Waals surface area contributed by atoms with Crippen LogP contribution in [-0.2, 0) is 4.52 Å². The van der Waals surface area contributed by atoms with Gasteiger partial charge in [-0.05, 0) is 45.3 Å². The summed E-state index contributed by atoms with van der Waals surface area (Å²) in [6, 6.07) is 0. The van der Waals surface area contributed by atoms with E-state index in [-0.39, 0.29) is 0 Å². The third kappa shape index (κ3) is 44.4. The van der Waals surface area contributed by atoms with Crippen LogP contribution < -0.4 is 0 Å². The molecule has 2 N–H and O–H groups in total. The predicted molar refractivity (Wildman–Crippen MR) is 221 cm³/mol. The summed E-state index contributed by atoms with van der Waals surface area (Å²) in [5.74, 6) is 0. The molecule has 0 aromatic rings. The Morgan fingerprint density at radius 3 is 0.735 bits per heavy atom. The normalized spacial score (nSPS) is 11.9. The number of hydrogen-bond acceptors (Lipinski definition) is 4. The van der Waals surface area contributed by atoms with E-state index >= 15 is 0 Å². The molecule has 0 atom stereocenters. The van der Waals surface area contributed by atoms with E-state index < -0.39 is 8.60 Å². The van der Waals surface area contributed by atoms with Gasteiger partial charge >= 0.3 is 8.60 Å². The minimum absolute atomic E-state index is 0.481. The van der Waals surface area contributed by atoms with Gasteiger partial charge in [-0.3, -0.25) is 0 Å². The molecule has 0 heterocycles. The highest BCUT2D eigenvalue weighted by molar-refractivity contribution is 7.39. The fraction of sp³-hybridized carbons (Fsp3) is 1.00. The molecular weight excluding hydrogens is 621 g/mol. The highest BCUT2D eigenvalue weighted by Gasteiger charge is 2.06. The van der Waals surface area contributed by atoms with E-state index in [9.17, 15) is 0 Å². The zero-order chi connectivity index (χ0) is 35.6. The molecule has 0 aromatic heterocycles. The standard InChI is InChI=1S/C44H92NO3P/c1-3-5-7-9-11-13-15-17-19-21-25-29-33-37-41-45(42-38-34-30-26-22-20-18-16-14-12-10-8-6-4-2)43-39-35-31-27-23-24-28-32-36-40-44-48-49(46)47/h46-47H,3-44H2,1-2H3. The molecule has 0 aliphatic heterocycles. The molecule has 0 spiro atoms. The zero-order valence-electron chi connectivity index (χ0n) is 33.9. The van der Waals surface area contributed by atoms with Crippen LogP contribution in [0.25, 0.3) is 0 Å². The van der Waals surface area contributed by atoms with Gasteiger partial charge in [0.2, 0.25) is 0 Å². The van der Waals surface area contributed by atoms with Crippen molar-refractivity contribution in [3.63, 3.8) is 0 Å². The van der Waals surface area contributed by atoms with Crippen LogP contribution in [0.4, 0.5) is 0 Å². The van der Waals surface area contributed by atoms with Crippen molar-refractivity contribution in [2.75, 3.05) is 26.2 Å². The minimum Gasteiger partial charge on any atom is -0.328 e. The van der Waals surface area contributed by atoms with Gasteiger partial charge in [0.25, 0.3) is 0 Å². The molecule has 49 heavy (non-hydrogen) atoms.